The molecule has 0 saturated heterocycles. The van der Waals surface area contributed by atoms with Gasteiger partial charge < -0.3 is 5.32 Å². The highest BCUT2D eigenvalue weighted by atomic mass is 35.5. The fraction of sp³-hybridized carbons (Fsp3) is 0. The summed E-state index contributed by atoms with van der Waals surface area (Å²) in [7, 11) is 0. The van der Waals surface area contributed by atoms with Crippen LogP contribution in [0, 0.1) is 11.6 Å². The third-order valence-corrected chi connectivity index (χ3v) is 2.83. The molecule has 5 nitrogen and oxygen atoms in total. The van der Waals surface area contributed by atoms with E-state index in [4.69, 9.17) is 11.6 Å². The summed E-state index contributed by atoms with van der Waals surface area (Å²) in [5, 5.41) is 2.59. The Hall–Kier alpha value is -2.67. The lowest BCUT2D eigenvalue weighted by Gasteiger charge is -2.09. The van der Waals surface area contributed by atoms with E-state index in [1.54, 1.807) is 0 Å². The van der Waals surface area contributed by atoms with Crippen LogP contribution in [-0.2, 0) is 0 Å². The summed E-state index contributed by atoms with van der Waals surface area (Å²) in [5.41, 5.74) is 4.22. The Balaban J connectivity index is 1.89. The van der Waals surface area contributed by atoms with Crippen molar-refractivity contribution in [2.24, 2.45) is 0 Å². The molecule has 0 heterocycles. The minimum Gasteiger partial charge on any atom is -0.304 e. The molecule has 0 spiro atoms. The van der Waals surface area contributed by atoms with Crippen molar-refractivity contribution in [2.75, 3.05) is 5.32 Å². The van der Waals surface area contributed by atoms with E-state index in [1.807, 2.05) is 5.43 Å². The average Bonchev–Trinajstić information content (AvgIpc) is 2.48. The molecule has 8 heteroatoms. The van der Waals surface area contributed by atoms with Crippen LogP contribution in [0.4, 0.5) is 19.3 Å². The number of hydrogen-bond acceptors (Lipinski definition) is 2. The SMILES string of the molecule is O=C(NNC(=O)c1ccc(Cl)cc1)Nc1ccc(F)cc1F. The van der Waals surface area contributed by atoms with Gasteiger partial charge in [-0.1, -0.05) is 11.6 Å². The van der Waals surface area contributed by atoms with Crippen LogP contribution in [0.3, 0.4) is 0 Å². The summed E-state index contributed by atoms with van der Waals surface area (Å²) in [5.74, 6) is -2.27. The number of benzene rings is 2. The maximum absolute atomic E-state index is 13.3. The molecule has 0 aliphatic rings. The van der Waals surface area contributed by atoms with Crippen LogP contribution in [0.1, 0.15) is 10.4 Å². The number of amides is 3. The molecule has 0 fully saturated rings. The topological polar surface area (TPSA) is 70.2 Å². The van der Waals surface area contributed by atoms with E-state index in [0.717, 1.165) is 12.1 Å². The van der Waals surface area contributed by atoms with Crippen molar-refractivity contribution in [1.29, 1.82) is 0 Å². The highest BCUT2D eigenvalue weighted by Gasteiger charge is 2.10. The van der Waals surface area contributed by atoms with Crippen molar-refractivity contribution in [1.82, 2.24) is 10.9 Å². The van der Waals surface area contributed by atoms with Gasteiger partial charge in [-0.25, -0.2) is 19.0 Å². The molecule has 0 unspecified atom stereocenters. The fourth-order valence-electron chi connectivity index (χ4n) is 1.53. The van der Waals surface area contributed by atoms with E-state index in [0.29, 0.717) is 11.1 Å². The van der Waals surface area contributed by atoms with Gasteiger partial charge in [0.05, 0.1) is 5.69 Å². The predicted octanol–water partition coefficient (Wildman–Crippen LogP) is 3.08. The molecule has 0 radical (unpaired) electrons. The van der Waals surface area contributed by atoms with Gasteiger partial charge in [-0.15, -0.1) is 0 Å². The van der Waals surface area contributed by atoms with Gasteiger partial charge in [-0.3, -0.25) is 10.2 Å². The molecule has 2 aromatic carbocycles. The smallest absolute Gasteiger partial charge is 0.304 e. The number of anilines is 1. The molecular formula is C14H10ClF2N3O2. The van der Waals surface area contributed by atoms with Gasteiger partial charge in [0.15, 0.2) is 0 Å². The van der Waals surface area contributed by atoms with E-state index < -0.39 is 23.6 Å². The van der Waals surface area contributed by atoms with E-state index >= 15 is 0 Å². The maximum Gasteiger partial charge on any atom is 0.338 e. The second-order valence-corrected chi connectivity index (χ2v) is 4.60. The first-order valence-corrected chi connectivity index (χ1v) is 6.41. The first-order chi connectivity index (χ1) is 10.5. The zero-order valence-electron chi connectivity index (χ0n) is 11.0. The number of urea groups is 1. The quantitative estimate of drug-likeness (QED) is 0.743. The molecular weight excluding hydrogens is 316 g/mol. The highest BCUT2D eigenvalue weighted by Crippen LogP contribution is 2.14. The zero-order valence-corrected chi connectivity index (χ0v) is 11.7. The van der Waals surface area contributed by atoms with Crippen molar-refractivity contribution in [3.63, 3.8) is 0 Å². The van der Waals surface area contributed by atoms with Crippen LogP contribution in [0.15, 0.2) is 42.5 Å². The molecule has 0 aromatic heterocycles. The Morgan fingerprint density at radius 1 is 0.955 bits per heavy atom. The normalized spacial score (nSPS) is 9.95. The number of carbonyl (C=O) groups excluding carboxylic acids is 2. The van der Waals surface area contributed by atoms with Gasteiger partial charge in [0.1, 0.15) is 11.6 Å². The number of halogens is 3. The third kappa shape index (κ3) is 4.16. The first-order valence-electron chi connectivity index (χ1n) is 6.03. The molecule has 0 bridgehead atoms. The van der Waals surface area contributed by atoms with Crippen LogP contribution in [0.5, 0.6) is 0 Å². The Labute approximate surface area is 129 Å². The van der Waals surface area contributed by atoms with Crippen molar-refractivity contribution < 1.29 is 18.4 Å². The average molecular weight is 326 g/mol. The Kier molecular flexibility index (Phi) is 4.90. The molecule has 3 amide bonds. The van der Waals surface area contributed by atoms with Crippen LogP contribution in [-0.4, -0.2) is 11.9 Å². The molecule has 0 aliphatic heterocycles. The molecule has 0 saturated carbocycles. The van der Waals surface area contributed by atoms with Gasteiger partial charge in [-0.2, -0.15) is 0 Å². The molecule has 22 heavy (non-hydrogen) atoms. The standard InChI is InChI=1S/C14H10ClF2N3O2/c15-9-3-1-8(2-4-9)13(21)19-20-14(22)18-12-6-5-10(16)7-11(12)17/h1-7H,(H,19,21)(H2,18,20,22). The van der Waals surface area contributed by atoms with Gasteiger partial charge in [0, 0.05) is 16.7 Å². The van der Waals surface area contributed by atoms with Gasteiger partial charge in [-0.05, 0) is 36.4 Å². The van der Waals surface area contributed by atoms with Gasteiger partial charge in [0.25, 0.3) is 5.91 Å². The number of rotatable bonds is 2. The molecule has 0 atom stereocenters. The third-order valence-electron chi connectivity index (χ3n) is 2.58. The minimum absolute atomic E-state index is 0.223. The Morgan fingerprint density at radius 2 is 1.64 bits per heavy atom. The summed E-state index contributed by atoms with van der Waals surface area (Å²) >= 11 is 5.69. The molecule has 2 aromatic rings. The van der Waals surface area contributed by atoms with Crippen LogP contribution in [0.25, 0.3) is 0 Å². The van der Waals surface area contributed by atoms with E-state index in [1.165, 1.54) is 24.3 Å². The summed E-state index contributed by atoms with van der Waals surface area (Å²) in [6.07, 6.45) is 0. The summed E-state index contributed by atoms with van der Waals surface area (Å²) in [6.45, 7) is 0. The van der Waals surface area contributed by atoms with Crippen LogP contribution < -0.4 is 16.2 Å². The monoisotopic (exact) mass is 325 g/mol. The van der Waals surface area contributed by atoms with Crippen LogP contribution >= 0.6 is 11.6 Å². The summed E-state index contributed by atoms with van der Waals surface area (Å²) < 4.78 is 26.1. The molecule has 114 valence electrons. The number of carbonyl (C=O) groups is 2. The van der Waals surface area contributed by atoms with Crippen molar-refractivity contribution in [3.8, 4) is 0 Å². The first kappa shape index (κ1) is 15.7. The lowest BCUT2D eigenvalue weighted by Crippen LogP contribution is -2.44. The number of nitrogens with one attached hydrogen (secondary N) is 3. The number of hydrogen-bond donors (Lipinski definition) is 3. The lowest BCUT2D eigenvalue weighted by atomic mass is 10.2. The van der Waals surface area contributed by atoms with E-state index in [2.05, 4.69) is 10.7 Å². The second-order valence-electron chi connectivity index (χ2n) is 4.16. The number of hydrazine groups is 1. The largest absolute Gasteiger partial charge is 0.338 e. The lowest BCUT2D eigenvalue weighted by molar-refractivity contribution is 0.0938. The zero-order chi connectivity index (χ0) is 16.1. The fourth-order valence-corrected chi connectivity index (χ4v) is 1.66. The van der Waals surface area contributed by atoms with Gasteiger partial charge in [0.2, 0.25) is 0 Å². The predicted molar refractivity (Wildman–Crippen MR) is 77.4 cm³/mol. The Bertz CT molecular complexity index is 708. The summed E-state index contributed by atoms with van der Waals surface area (Å²) in [4.78, 5) is 23.2. The minimum atomic E-state index is -0.931. The van der Waals surface area contributed by atoms with Crippen LogP contribution in [0.2, 0.25) is 5.02 Å². The van der Waals surface area contributed by atoms with E-state index in [9.17, 15) is 18.4 Å². The molecule has 3 N–H and O–H groups in total. The van der Waals surface area contributed by atoms with Crippen molar-refractivity contribution >= 4 is 29.2 Å². The summed E-state index contributed by atoms with van der Waals surface area (Å²) in [6, 6.07) is 7.77. The maximum atomic E-state index is 13.3. The second kappa shape index (κ2) is 6.86. The Morgan fingerprint density at radius 3 is 2.27 bits per heavy atom. The van der Waals surface area contributed by atoms with Crippen molar-refractivity contribution in [3.05, 3.63) is 64.7 Å². The molecule has 2 rings (SSSR count). The van der Waals surface area contributed by atoms with E-state index in [-0.39, 0.29) is 11.3 Å². The molecule has 0 aliphatic carbocycles. The van der Waals surface area contributed by atoms with Gasteiger partial charge >= 0.3 is 6.03 Å². The van der Waals surface area contributed by atoms with Crippen molar-refractivity contribution in [2.45, 2.75) is 0 Å². The highest BCUT2D eigenvalue weighted by molar-refractivity contribution is 6.30.